The zero-order chi connectivity index (χ0) is 29.6. The number of benzene rings is 3. The SMILES string of the molecule is CC[C@@H](C)NC(=O)[C@@H](C)N(Cc1ccccc1C)C(=O)CN(c1cc(Cl)ccc1C)S(=O)(=O)c1ccc(C)cc1. The van der Waals surface area contributed by atoms with E-state index in [2.05, 4.69) is 5.32 Å². The molecule has 0 bridgehead atoms. The van der Waals surface area contributed by atoms with Crippen molar-refractivity contribution in [3.63, 3.8) is 0 Å². The highest BCUT2D eigenvalue weighted by Crippen LogP contribution is 2.30. The fraction of sp³-hybridized carbons (Fsp3) is 0.355. The summed E-state index contributed by atoms with van der Waals surface area (Å²) >= 11 is 6.29. The molecule has 0 saturated heterocycles. The summed E-state index contributed by atoms with van der Waals surface area (Å²) in [5.41, 5.74) is 3.68. The highest BCUT2D eigenvalue weighted by molar-refractivity contribution is 7.92. The first kappa shape index (κ1) is 31.2. The van der Waals surface area contributed by atoms with Crippen molar-refractivity contribution in [2.45, 2.75) is 71.5 Å². The topological polar surface area (TPSA) is 86.8 Å². The highest BCUT2D eigenvalue weighted by Gasteiger charge is 2.33. The molecule has 0 unspecified atom stereocenters. The number of halogens is 1. The van der Waals surface area contributed by atoms with Crippen LogP contribution in [0.1, 0.15) is 49.4 Å². The Morgan fingerprint density at radius 3 is 2.20 bits per heavy atom. The van der Waals surface area contributed by atoms with Crippen molar-refractivity contribution in [3.05, 3.63) is 94.0 Å². The molecule has 0 aliphatic carbocycles. The fourth-order valence-corrected chi connectivity index (χ4v) is 5.86. The zero-order valence-corrected chi connectivity index (χ0v) is 25.5. The van der Waals surface area contributed by atoms with Gasteiger partial charge in [-0.3, -0.25) is 13.9 Å². The van der Waals surface area contributed by atoms with Gasteiger partial charge in [0.05, 0.1) is 10.6 Å². The number of nitrogens with zero attached hydrogens (tertiary/aromatic N) is 2. The first-order valence-electron chi connectivity index (χ1n) is 13.3. The summed E-state index contributed by atoms with van der Waals surface area (Å²) < 4.78 is 29.1. The van der Waals surface area contributed by atoms with Crippen molar-refractivity contribution < 1.29 is 18.0 Å². The largest absolute Gasteiger partial charge is 0.352 e. The van der Waals surface area contributed by atoms with Crippen LogP contribution in [0.2, 0.25) is 5.02 Å². The van der Waals surface area contributed by atoms with Crippen molar-refractivity contribution in [2.75, 3.05) is 10.8 Å². The predicted molar refractivity (Wildman–Crippen MR) is 161 cm³/mol. The number of carbonyl (C=O) groups excluding carboxylic acids is 2. The average molecular weight is 584 g/mol. The molecular formula is C31H38ClN3O4S. The molecule has 0 fully saturated rings. The summed E-state index contributed by atoms with van der Waals surface area (Å²) in [5.74, 6) is -0.812. The van der Waals surface area contributed by atoms with E-state index in [0.29, 0.717) is 16.3 Å². The fourth-order valence-electron chi connectivity index (χ4n) is 4.22. The summed E-state index contributed by atoms with van der Waals surface area (Å²) in [6.45, 7) is 10.7. The van der Waals surface area contributed by atoms with Crippen molar-refractivity contribution in [1.29, 1.82) is 0 Å². The van der Waals surface area contributed by atoms with Crippen molar-refractivity contribution in [3.8, 4) is 0 Å². The second kappa shape index (κ2) is 13.3. The number of carbonyl (C=O) groups is 2. The summed E-state index contributed by atoms with van der Waals surface area (Å²) in [5, 5.41) is 3.29. The van der Waals surface area contributed by atoms with Gasteiger partial charge in [-0.2, -0.15) is 0 Å². The van der Waals surface area contributed by atoms with E-state index in [-0.39, 0.29) is 23.4 Å². The third-order valence-corrected chi connectivity index (χ3v) is 9.11. The van der Waals surface area contributed by atoms with Crippen molar-refractivity contribution in [1.82, 2.24) is 10.2 Å². The van der Waals surface area contributed by atoms with Crippen LogP contribution in [-0.4, -0.2) is 43.8 Å². The molecule has 0 aliphatic rings. The highest BCUT2D eigenvalue weighted by atomic mass is 35.5. The van der Waals surface area contributed by atoms with Crippen LogP contribution in [0.25, 0.3) is 0 Å². The Bertz CT molecular complexity index is 1460. The summed E-state index contributed by atoms with van der Waals surface area (Å²) in [4.78, 5) is 28.8. The number of sulfonamides is 1. The molecule has 0 aromatic heterocycles. The Balaban J connectivity index is 2.08. The smallest absolute Gasteiger partial charge is 0.264 e. The number of hydrogen-bond donors (Lipinski definition) is 1. The molecule has 9 heteroatoms. The predicted octanol–water partition coefficient (Wildman–Crippen LogP) is 5.79. The van der Waals surface area contributed by atoms with Crippen molar-refractivity contribution in [2.24, 2.45) is 0 Å². The van der Waals surface area contributed by atoms with Gasteiger partial charge in [-0.15, -0.1) is 0 Å². The van der Waals surface area contributed by atoms with Crippen LogP contribution in [0.3, 0.4) is 0 Å². The first-order chi connectivity index (χ1) is 18.8. The van der Waals surface area contributed by atoms with Crippen LogP contribution < -0.4 is 9.62 Å². The maximum absolute atomic E-state index is 14.1. The van der Waals surface area contributed by atoms with E-state index >= 15 is 0 Å². The average Bonchev–Trinajstić information content (AvgIpc) is 2.92. The standard InChI is InChI=1S/C31H38ClN3O4S/c1-7-24(5)33-31(37)25(6)34(19-26-11-9-8-10-22(26)3)30(36)20-35(29-18-27(32)15-14-23(29)4)40(38,39)28-16-12-21(2)13-17-28/h8-18,24-25H,7,19-20H2,1-6H3,(H,33,37)/t24-,25-/m1/s1. The van der Waals surface area contributed by atoms with Crippen LogP contribution >= 0.6 is 11.6 Å². The quantitative estimate of drug-likeness (QED) is 0.309. The Labute approximate surface area is 243 Å². The summed E-state index contributed by atoms with van der Waals surface area (Å²) in [7, 11) is -4.16. The minimum absolute atomic E-state index is 0.0540. The minimum atomic E-state index is -4.16. The Morgan fingerprint density at radius 1 is 0.925 bits per heavy atom. The number of rotatable bonds is 11. The lowest BCUT2D eigenvalue weighted by atomic mass is 10.1. The Hall–Kier alpha value is -3.36. The molecule has 3 aromatic rings. The molecular weight excluding hydrogens is 546 g/mol. The van der Waals surface area contributed by atoms with Gasteiger partial charge in [-0.05, 0) is 82.0 Å². The van der Waals surface area contributed by atoms with Gasteiger partial charge in [0, 0.05) is 17.6 Å². The lowest BCUT2D eigenvalue weighted by Crippen LogP contribution is -2.52. The number of hydrogen-bond acceptors (Lipinski definition) is 4. The van der Waals surface area contributed by atoms with Gasteiger partial charge in [-0.1, -0.05) is 66.6 Å². The lowest BCUT2D eigenvalue weighted by molar-refractivity contribution is -0.139. The molecule has 214 valence electrons. The Morgan fingerprint density at radius 2 is 1.57 bits per heavy atom. The molecule has 0 radical (unpaired) electrons. The van der Waals surface area contributed by atoms with Gasteiger partial charge >= 0.3 is 0 Å². The molecule has 1 N–H and O–H groups in total. The number of aryl methyl sites for hydroxylation is 3. The summed E-state index contributed by atoms with van der Waals surface area (Å²) in [6, 6.07) is 18.1. The van der Waals surface area contributed by atoms with Crippen LogP contribution in [0.4, 0.5) is 5.69 Å². The molecule has 2 atom stereocenters. The summed E-state index contributed by atoms with van der Waals surface area (Å²) in [6.07, 6.45) is 0.737. The van der Waals surface area contributed by atoms with E-state index < -0.39 is 28.5 Å². The molecule has 3 rings (SSSR count). The van der Waals surface area contributed by atoms with E-state index in [4.69, 9.17) is 11.6 Å². The number of nitrogens with one attached hydrogen (secondary N) is 1. The van der Waals surface area contributed by atoms with Gasteiger partial charge in [-0.25, -0.2) is 8.42 Å². The van der Waals surface area contributed by atoms with Crippen molar-refractivity contribution >= 4 is 39.1 Å². The molecule has 40 heavy (non-hydrogen) atoms. The molecule has 0 aliphatic heterocycles. The normalized spacial score (nSPS) is 12.9. The number of amides is 2. The van der Waals surface area contributed by atoms with Gasteiger partial charge in [0.15, 0.2) is 0 Å². The third kappa shape index (κ3) is 7.43. The zero-order valence-electron chi connectivity index (χ0n) is 23.9. The second-order valence-corrected chi connectivity index (χ2v) is 12.5. The maximum Gasteiger partial charge on any atom is 0.264 e. The Kier molecular flexibility index (Phi) is 10.4. The molecule has 0 spiro atoms. The van der Waals surface area contributed by atoms with Gasteiger partial charge in [0.1, 0.15) is 12.6 Å². The van der Waals surface area contributed by atoms with E-state index in [0.717, 1.165) is 27.4 Å². The first-order valence-corrected chi connectivity index (χ1v) is 15.2. The molecule has 7 nitrogen and oxygen atoms in total. The molecule has 0 saturated carbocycles. The van der Waals surface area contributed by atoms with E-state index in [9.17, 15) is 18.0 Å². The lowest BCUT2D eigenvalue weighted by Gasteiger charge is -2.33. The van der Waals surface area contributed by atoms with E-state index in [1.165, 1.54) is 17.0 Å². The van der Waals surface area contributed by atoms with Gasteiger partial charge < -0.3 is 10.2 Å². The van der Waals surface area contributed by atoms with E-state index in [1.807, 2.05) is 52.0 Å². The third-order valence-electron chi connectivity index (χ3n) is 7.10. The van der Waals surface area contributed by atoms with E-state index in [1.54, 1.807) is 44.2 Å². The molecule has 2 amide bonds. The maximum atomic E-state index is 14.1. The van der Waals surface area contributed by atoms with Crippen LogP contribution in [0, 0.1) is 20.8 Å². The minimum Gasteiger partial charge on any atom is -0.352 e. The van der Waals surface area contributed by atoms with Crippen LogP contribution in [-0.2, 0) is 26.2 Å². The van der Waals surface area contributed by atoms with Crippen LogP contribution in [0.15, 0.2) is 71.6 Å². The van der Waals surface area contributed by atoms with Gasteiger partial charge in [0.25, 0.3) is 10.0 Å². The molecule has 0 heterocycles. The second-order valence-electron chi connectivity index (χ2n) is 10.2. The number of anilines is 1. The van der Waals surface area contributed by atoms with Crippen LogP contribution in [0.5, 0.6) is 0 Å². The van der Waals surface area contributed by atoms with Gasteiger partial charge in [0.2, 0.25) is 11.8 Å². The molecule has 3 aromatic carbocycles. The monoisotopic (exact) mass is 583 g/mol.